The summed E-state index contributed by atoms with van der Waals surface area (Å²) in [4.78, 5) is 0. The molecule has 0 saturated carbocycles. The third-order valence-electron chi connectivity index (χ3n) is 0. The largest absolute Gasteiger partial charge is 2.00 e. The van der Waals surface area contributed by atoms with Crippen LogP contribution in [0.1, 0.15) is 0 Å². The van der Waals surface area contributed by atoms with Gasteiger partial charge >= 0.3 is 159 Å². The Balaban J connectivity index is -0.00000000356. The fourth-order valence-corrected chi connectivity index (χ4v) is 0. The van der Waals surface area contributed by atoms with Crippen LogP contribution in [-0.4, -0.2) is 0 Å². The molecule has 0 aromatic heterocycles. The van der Waals surface area contributed by atoms with Gasteiger partial charge in [0, 0.05) is 0 Å². The summed E-state index contributed by atoms with van der Waals surface area (Å²) in [6, 6.07) is 0. The molecule has 0 aliphatic carbocycles. The molecule has 11 heavy (non-hydrogen) atoms. The van der Waals surface area contributed by atoms with E-state index in [4.69, 9.17) is 47.3 Å². The van der Waals surface area contributed by atoms with Crippen molar-refractivity contribution in [1.29, 1.82) is 21.0 Å². The van der Waals surface area contributed by atoms with Gasteiger partial charge < -0.3 is 47.3 Å². The zero-order chi connectivity index (χ0) is 8.00. The molecule has 0 atom stereocenters. The van der Waals surface area contributed by atoms with Crippen LogP contribution in [0, 0.1) is 47.3 Å². The van der Waals surface area contributed by atoms with Gasteiger partial charge in [0.1, 0.15) is 0 Å². The molecule has 0 N–H and O–H groups in total. The van der Waals surface area contributed by atoms with Crippen LogP contribution in [0.15, 0.2) is 0 Å². The van der Waals surface area contributed by atoms with E-state index in [1.54, 1.807) is 0 Å². The minimum atomic E-state index is 0. The van der Waals surface area contributed by atoms with Crippen molar-refractivity contribution in [2.75, 3.05) is 0 Å². The molecule has 48 valence electrons. The maximum atomic E-state index is 6.25. The van der Waals surface area contributed by atoms with Gasteiger partial charge in [-0.2, -0.15) is 0 Å². The van der Waals surface area contributed by atoms with Crippen LogP contribution in [0.2, 0.25) is 0 Å². The van der Waals surface area contributed by atoms with E-state index in [0.717, 1.165) is 0 Å². The first kappa shape index (κ1) is 49.1. The van der Waals surface area contributed by atoms with Crippen LogP contribution in [0.5, 0.6) is 0 Å². The fourth-order valence-electron chi connectivity index (χ4n) is 0. The van der Waals surface area contributed by atoms with Gasteiger partial charge in [-0.3, -0.25) is 0 Å². The second kappa shape index (κ2) is 233. The number of rotatable bonds is 0. The van der Waals surface area contributed by atoms with Crippen molar-refractivity contribution in [3.8, 4) is 0 Å². The molecule has 0 amide bonds. The van der Waals surface area contributed by atoms with E-state index >= 15 is 0 Å². The maximum absolute atomic E-state index is 6.25. The maximum Gasteiger partial charge on any atom is 2.00 e. The van der Waals surface area contributed by atoms with Crippen molar-refractivity contribution in [1.82, 2.24) is 0 Å². The summed E-state index contributed by atoms with van der Waals surface area (Å²) in [5, 5.41) is 25.0. The first-order valence-electron chi connectivity index (χ1n) is 0.894. The Hall–Kier alpha value is 2.75. The molecule has 0 aliphatic rings. The van der Waals surface area contributed by atoms with E-state index in [0.29, 0.717) is 0 Å². The zero-order valence-corrected chi connectivity index (χ0v) is 20.9. The van der Waals surface area contributed by atoms with E-state index < -0.39 is 0 Å². The quantitative estimate of drug-likeness (QED) is 0.274. The number of hydrogen-bond acceptors (Lipinski definition) is 4. The van der Waals surface area contributed by atoms with Gasteiger partial charge in [-0.15, -0.1) is 0 Å². The smallest absolute Gasteiger partial charge is 0.512 e. The van der Waals surface area contributed by atoms with Crippen molar-refractivity contribution in [2.24, 2.45) is 0 Å². The van der Waals surface area contributed by atoms with Gasteiger partial charge in [0.25, 0.3) is 0 Å². The Morgan fingerprint density at radius 3 is 0.455 bits per heavy atom. The summed E-state index contributed by atoms with van der Waals surface area (Å²) in [6.07, 6.45) is 0. The first-order chi connectivity index (χ1) is 4.00. The molecule has 0 fully saturated rings. The van der Waals surface area contributed by atoms with E-state index in [9.17, 15) is 0 Å². The van der Waals surface area contributed by atoms with Gasteiger partial charge in [0.05, 0.1) is 0 Å². The van der Waals surface area contributed by atoms with E-state index in [1.165, 1.54) is 0 Å². The SMILES string of the molecule is [C-]#N.[C-]#N.[C-]#N.[C-]#N.[Cs+].[Cs+].[Pt+2]. The van der Waals surface area contributed by atoms with Gasteiger partial charge in [-0.05, 0) is 0 Å². The van der Waals surface area contributed by atoms with Crippen LogP contribution < -0.4 is 138 Å². The molecule has 0 aliphatic heterocycles. The van der Waals surface area contributed by atoms with Crippen LogP contribution in [-0.2, 0) is 21.1 Å². The van der Waals surface area contributed by atoms with Crippen LogP contribution in [0.4, 0.5) is 0 Å². The van der Waals surface area contributed by atoms with Crippen molar-refractivity contribution in [3.05, 3.63) is 26.3 Å². The van der Waals surface area contributed by atoms with Gasteiger partial charge in [-0.1, -0.05) is 0 Å². The summed E-state index contributed by atoms with van der Waals surface area (Å²) in [7, 11) is 0. The second-order valence-corrected chi connectivity index (χ2v) is 0. The standard InChI is InChI=1S/4CN.2Cs.Pt/c4*1-2;;;/q4*-1;2*+1;+2. The predicted molar refractivity (Wildman–Crippen MR) is 19.9 cm³/mol. The second-order valence-electron chi connectivity index (χ2n) is 0. The van der Waals surface area contributed by atoms with Crippen molar-refractivity contribution in [2.45, 2.75) is 0 Å². The van der Waals surface area contributed by atoms with Crippen molar-refractivity contribution < 1.29 is 159 Å². The summed E-state index contributed by atoms with van der Waals surface area (Å²) >= 11 is 0. The minimum Gasteiger partial charge on any atom is -0.512 e. The van der Waals surface area contributed by atoms with Gasteiger partial charge in [0.2, 0.25) is 0 Å². The molecule has 0 aromatic carbocycles. The molecular formula is C4Cs2N4Pt. The molecular weight excluding hydrogens is 565 g/mol. The topological polar surface area (TPSA) is 95.2 Å². The molecule has 0 radical (unpaired) electrons. The third-order valence-corrected chi connectivity index (χ3v) is 0. The van der Waals surface area contributed by atoms with Gasteiger partial charge in [-0.25, -0.2) is 0 Å². The monoisotopic (exact) mass is 565 g/mol. The Labute approximate surface area is 199 Å². The molecule has 0 bridgehead atoms. The molecule has 0 saturated heterocycles. The molecule has 0 aromatic rings. The third kappa shape index (κ3) is 195. The van der Waals surface area contributed by atoms with Gasteiger partial charge in [0.15, 0.2) is 0 Å². The minimum absolute atomic E-state index is 0. The van der Waals surface area contributed by atoms with E-state index in [-0.39, 0.29) is 159 Å². The van der Waals surface area contributed by atoms with Crippen LogP contribution >= 0.6 is 0 Å². The number of hydrogen-bond donors (Lipinski definition) is 0. The molecule has 7 heteroatoms. The summed E-state index contributed by atoms with van der Waals surface area (Å²) in [5.74, 6) is 0. The Kier molecular flexibility index (Phi) is 1040. The normalized spacial score (nSPS) is 0.727. The average Bonchev–Trinajstić information content (AvgIpc) is 2.03. The average molecular weight is 565 g/mol. The van der Waals surface area contributed by atoms with Crippen molar-refractivity contribution >= 4 is 0 Å². The number of nitrogens with zero attached hydrogens (tertiary/aromatic N) is 4. The molecule has 0 rings (SSSR count). The summed E-state index contributed by atoms with van der Waals surface area (Å²) in [6.45, 7) is 19.0. The fraction of sp³-hybridized carbons (Fsp3) is 0. The molecule has 0 heterocycles. The predicted octanol–water partition coefficient (Wildman–Crippen LogP) is -5.61. The van der Waals surface area contributed by atoms with Crippen LogP contribution in [0.3, 0.4) is 0 Å². The van der Waals surface area contributed by atoms with E-state index in [1.807, 2.05) is 0 Å². The Morgan fingerprint density at radius 1 is 0.455 bits per heavy atom. The Morgan fingerprint density at radius 2 is 0.455 bits per heavy atom. The van der Waals surface area contributed by atoms with E-state index in [2.05, 4.69) is 0 Å². The zero-order valence-electron chi connectivity index (χ0n) is 6.11. The molecule has 0 spiro atoms. The van der Waals surface area contributed by atoms with Crippen LogP contribution in [0.25, 0.3) is 0 Å². The van der Waals surface area contributed by atoms with Crippen molar-refractivity contribution in [3.63, 3.8) is 0 Å². The first-order valence-corrected chi connectivity index (χ1v) is 0.894. The molecule has 4 nitrogen and oxygen atoms in total. The Bertz CT molecular complexity index is 63.1. The summed E-state index contributed by atoms with van der Waals surface area (Å²) < 4.78 is 0. The summed E-state index contributed by atoms with van der Waals surface area (Å²) in [5.41, 5.74) is 0. The molecule has 0 unspecified atom stereocenters.